The minimum atomic E-state index is 1.16. The quantitative estimate of drug-likeness (QED) is 0.633. The third-order valence-corrected chi connectivity index (χ3v) is 3.21. The zero-order chi connectivity index (χ0) is 5.82. The molecule has 0 aromatic heterocycles. The molecule has 1 saturated carbocycles. The average Bonchev–Trinajstić information content (AvgIpc) is 1.63. The van der Waals surface area contributed by atoms with Gasteiger partial charge in [0.1, 0.15) is 0 Å². The van der Waals surface area contributed by atoms with E-state index in [1.165, 1.54) is 39.8 Å². The van der Waals surface area contributed by atoms with Gasteiger partial charge < -0.3 is 0 Å². The molecule has 1 aliphatic carbocycles. The second-order valence-electron chi connectivity index (χ2n) is 2.73. The van der Waals surface area contributed by atoms with E-state index in [0.717, 1.165) is 5.92 Å². The van der Waals surface area contributed by atoms with Crippen LogP contribution in [0, 0.1) is 5.92 Å². The standard InChI is InChI=1S/C7H13.Sn.H/c1-2-4-7-5-3-6-7;;/h7H,1-6H2;;. The number of hydrogen-bond donors (Lipinski definition) is 0. The zero-order valence-electron chi connectivity index (χ0n) is 5.40. The fourth-order valence-electron chi connectivity index (χ4n) is 1.19. The van der Waals surface area contributed by atoms with Gasteiger partial charge in [-0.25, -0.2) is 0 Å². The molecule has 0 atom stereocenters. The molecule has 0 unspecified atom stereocenters. The fourth-order valence-corrected chi connectivity index (χ4v) is 1.86. The van der Waals surface area contributed by atoms with E-state index < -0.39 is 0 Å². The summed E-state index contributed by atoms with van der Waals surface area (Å²) >= 11 is 1.48. The first kappa shape index (κ1) is 6.91. The second-order valence-corrected chi connectivity index (χ2v) is 4.38. The van der Waals surface area contributed by atoms with Gasteiger partial charge >= 0.3 is 65.0 Å². The molecule has 0 aliphatic heterocycles. The fraction of sp³-hybridized carbons (Fsp3) is 1.00. The Morgan fingerprint density at radius 3 is 2.50 bits per heavy atom. The maximum absolute atomic E-state index is 1.54. The summed E-state index contributed by atoms with van der Waals surface area (Å²) in [5.74, 6) is 1.16. The van der Waals surface area contributed by atoms with Gasteiger partial charge in [-0.05, 0) is 0 Å². The van der Waals surface area contributed by atoms with E-state index in [1.807, 2.05) is 0 Å². The summed E-state index contributed by atoms with van der Waals surface area (Å²) in [7, 11) is 0. The predicted molar refractivity (Wildman–Crippen MR) is 38.5 cm³/mol. The summed E-state index contributed by atoms with van der Waals surface area (Å²) in [6.45, 7) is 0. The van der Waals surface area contributed by atoms with Crippen LogP contribution >= 0.6 is 0 Å². The Kier molecular flexibility index (Phi) is 3.24. The van der Waals surface area contributed by atoms with Crippen LogP contribution in [0.15, 0.2) is 0 Å². The summed E-state index contributed by atoms with van der Waals surface area (Å²) in [4.78, 5) is 0. The predicted octanol–water partition coefficient (Wildman–Crippen LogP) is 1.89. The molecule has 0 saturated heterocycles. The van der Waals surface area contributed by atoms with E-state index >= 15 is 0 Å². The Balaban J connectivity index is 1.86. The van der Waals surface area contributed by atoms with Crippen LogP contribution in [0.2, 0.25) is 4.44 Å². The molecule has 0 bridgehead atoms. The summed E-state index contributed by atoms with van der Waals surface area (Å²) in [6.07, 6.45) is 7.67. The Bertz CT molecular complexity index is 57.4. The van der Waals surface area contributed by atoms with Crippen LogP contribution < -0.4 is 0 Å². The molecule has 1 fully saturated rings. The van der Waals surface area contributed by atoms with E-state index in [-0.39, 0.29) is 0 Å². The van der Waals surface area contributed by atoms with Gasteiger partial charge in [0.05, 0.1) is 0 Å². The third kappa shape index (κ3) is 1.96. The van der Waals surface area contributed by atoms with Gasteiger partial charge in [-0.2, -0.15) is 0 Å². The van der Waals surface area contributed by atoms with E-state index in [9.17, 15) is 0 Å². The third-order valence-electron chi connectivity index (χ3n) is 2.04. The van der Waals surface area contributed by atoms with E-state index in [0.29, 0.717) is 0 Å². The van der Waals surface area contributed by atoms with E-state index in [1.54, 1.807) is 19.3 Å². The van der Waals surface area contributed by atoms with Crippen LogP contribution in [0.1, 0.15) is 32.1 Å². The van der Waals surface area contributed by atoms with Crippen molar-refractivity contribution in [1.29, 1.82) is 0 Å². The van der Waals surface area contributed by atoms with Crippen molar-refractivity contribution in [2.24, 2.45) is 5.92 Å². The first-order valence-electron chi connectivity index (χ1n) is 3.63. The van der Waals surface area contributed by atoms with Crippen LogP contribution in [-0.2, 0) is 0 Å². The van der Waals surface area contributed by atoms with Crippen molar-refractivity contribution in [1.82, 2.24) is 0 Å². The Hall–Kier alpha value is 0.799. The van der Waals surface area contributed by atoms with Gasteiger partial charge in [-0.3, -0.25) is 0 Å². The summed E-state index contributed by atoms with van der Waals surface area (Å²) in [5.41, 5.74) is 0. The molecule has 0 nitrogen and oxygen atoms in total. The molecular formula is C7H14Sn. The molecular weight excluding hydrogens is 203 g/mol. The van der Waals surface area contributed by atoms with Gasteiger partial charge in [0.25, 0.3) is 0 Å². The van der Waals surface area contributed by atoms with Crippen molar-refractivity contribution in [3.63, 3.8) is 0 Å². The van der Waals surface area contributed by atoms with Crippen LogP contribution in [0.4, 0.5) is 0 Å². The topological polar surface area (TPSA) is 0 Å². The average molecular weight is 217 g/mol. The van der Waals surface area contributed by atoms with Gasteiger partial charge in [0, 0.05) is 0 Å². The molecule has 1 aliphatic rings. The van der Waals surface area contributed by atoms with Crippen LogP contribution in [0.5, 0.6) is 0 Å². The first-order chi connectivity index (χ1) is 3.93. The molecule has 0 amide bonds. The molecule has 46 valence electrons. The molecule has 0 spiro atoms. The van der Waals surface area contributed by atoms with Crippen molar-refractivity contribution < 1.29 is 0 Å². The molecule has 0 N–H and O–H groups in total. The number of hydrogen-bond acceptors (Lipinski definition) is 0. The normalized spacial score (nSPS) is 20.6. The monoisotopic (exact) mass is 218 g/mol. The van der Waals surface area contributed by atoms with Crippen LogP contribution in [-0.4, -0.2) is 22.5 Å². The van der Waals surface area contributed by atoms with Crippen molar-refractivity contribution in [3.8, 4) is 0 Å². The van der Waals surface area contributed by atoms with Crippen LogP contribution in [0.3, 0.4) is 0 Å². The van der Waals surface area contributed by atoms with Crippen molar-refractivity contribution >= 4 is 22.5 Å². The number of rotatable bonds is 3. The maximum atomic E-state index is 1.54. The van der Waals surface area contributed by atoms with Crippen molar-refractivity contribution in [3.05, 3.63) is 0 Å². The minimum absolute atomic E-state index is 1.16. The Morgan fingerprint density at radius 1 is 1.38 bits per heavy atom. The molecule has 1 rings (SSSR count). The molecule has 2 radical (unpaired) electrons. The van der Waals surface area contributed by atoms with Gasteiger partial charge in [0.15, 0.2) is 0 Å². The summed E-state index contributed by atoms with van der Waals surface area (Å²) < 4.78 is 1.52. The molecule has 0 heterocycles. The second kappa shape index (κ2) is 3.75. The van der Waals surface area contributed by atoms with Crippen LogP contribution in [0.25, 0.3) is 0 Å². The zero-order valence-corrected chi connectivity index (χ0v) is 8.69. The van der Waals surface area contributed by atoms with Crippen molar-refractivity contribution in [2.45, 2.75) is 36.5 Å². The van der Waals surface area contributed by atoms with E-state index in [4.69, 9.17) is 0 Å². The Labute approximate surface area is 65.1 Å². The van der Waals surface area contributed by atoms with Crippen molar-refractivity contribution in [2.75, 3.05) is 0 Å². The van der Waals surface area contributed by atoms with Gasteiger partial charge in [0.2, 0.25) is 0 Å². The SMILES string of the molecule is [SnH][CH2]CCC1CCC1. The van der Waals surface area contributed by atoms with E-state index in [2.05, 4.69) is 0 Å². The molecule has 0 aromatic rings. The summed E-state index contributed by atoms with van der Waals surface area (Å²) in [5, 5.41) is 0. The summed E-state index contributed by atoms with van der Waals surface area (Å²) in [6, 6.07) is 0. The van der Waals surface area contributed by atoms with Gasteiger partial charge in [-0.1, -0.05) is 0 Å². The first-order valence-corrected chi connectivity index (χ1v) is 5.96. The van der Waals surface area contributed by atoms with Gasteiger partial charge in [-0.15, -0.1) is 0 Å². The molecule has 8 heavy (non-hydrogen) atoms. The Morgan fingerprint density at radius 2 is 2.12 bits per heavy atom. The molecule has 1 heteroatoms. The molecule has 0 aromatic carbocycles.